The van der Waals surface area contributed by atoms with Gasteiger partial charge >= 0.3 is 0 Å². The highest BCUT2D eigenvalue weighted by Crippen LogP contribution is 2.48. The molecule has 0 spiro atoms. The molecule has 748 valence electrons. The number of anilines is 4. The van der Waals surface area contributed by atoms with E-state index in [4.69, 9.17) is 0 Å². The van der Waals surface area contributed by atoms with Crippen LogP contribution in [-0.2, 0) is 0 Å². The number of hydrogen-bond acceptors (Lipinski definition) is 28. The maximum atomic E-state index is 13.8. The van der Waals surface area contributed by atoms with Gasteiger partial charge in [-0.15, -0.1) is 45.3 Å². The van der Waals surface area contributed by atoms with Crippen molar-refractivity contribution in [2.75, 3.05) is 21.3 Å². The summed E-state index contributed by atoms with van der Waals surface area (Å²) >= 11 is 4.91. The Balaban J connectivity index is 0.000000134. The molecule has 8 bridgehead atoms. The van der Waals surface area contributed by atoms with Crippen LogP contribution in [-0.4, -0.2) is 247 Å². The Hall–Kier alpha value is -10.1. The Morgan fingerprint density at radius 3 is 0.935 bits per heavy atom. The molecule has 19 rings (SSSR count). The summed E-state index contributed by atoms with van der Waals surface area (Å²) in [5.74, 6) is 2.11. The fourth-order valence-electron chi connectivity index (χ4n) is 21.4. The summed E-state index contributed by atoms with van der Waals surface area (Å²) in [6.07, 6.45) is 29.6. The number of nitrogens with one attached hydrogen (secondary N) is 8. The number of aliphatic hydroxyl groups excluding tert-OH is 2. The van der Waals surface area contributed by atoms with Crippen LogP contribution in [0, 0.1) is 33.6 Å². The van der Waals surface area contributed by atoms with Crippen molar-refractivity contribution in [3.8, 4) is 41.8 Å². The number of aryl methyl sites for hydroxylation is 4. The minimum Gasteiger partial charge on any atom is -0.393 e. The third-order valence-corrected chi connectivity index (χ3v) is 34.0. The Morgan fingerprint density at radius 2 is 0.669 bits per heavy atom. The molecule has 139 heavy (non-hydrogen) atoms. The van der Waals surface area contributed by atoms with Gasteiger partial charge in [-0.3, -0.25) is 38.4 Å². The van der Waals surface area contributed by atoms with Crippen molar-refractivity contribution < 1.29 is 58.8 Å². The number of fused-ring (bicyclic) bond motifs is 8. The zero-order valence-electron chi connectivity index (χ0n) is 83.5. The van der Waals surface area contributed by atoms with Gasteiger partial charge in [-0.05, 0) is 331 Å². The fraction of sp³-hybridized carbons (Fsp3) is 0.612. The van der Waals surface area contributed by atoms with Crippen LogP contribution in [0.4, 0.5) is 23.3 Å². The molecule has 8 aromatic heterocycles. The van der Waals surface area contributed by atoms with E-state index in [1.165, 1.54) is 58.2 Å². The standard InChI is InChI=1S/C27H35N5O3S.C26H35N5O3S.2C25H35N5O3S/c1-14-11-22(29-15(2)16-3-4-16)28-13-21(14)24-23(27(35)32-18-6-7-19(32)9-8-18)31-26(36-24)25(34)30-17-5-10-20(33)12-17;1-14-12-20(30-26(2,3)4)27-13-17(14)22-21(25(34)31-15-8-9-16(31)11-10-15)29-24(35-22)23(33)28-18-6-5-7-19(18)32;2*1-13(2)27-19-11-14(3)18(12-26-19)21-20(24(32)30-16-7-8-17(30)10-9-16)29-23(34-21)22(31)28-15(4)25(5,6)33/h11,13,15-20,33H,3-10,12H2,1-2H3,(H,28,29)(H,30,34);12-13,15-16,18-19,32H,5-11H2,1-4H3,(H,27,30)(H,28,33);2*11-13,15-17,33H,7-10H2,1-6H3,(H,26,27)(H,28,31)/t15-,17+,18?,19?,20+;15?,16?,18-,19-;2*15-,16?,17?/m1010/s1. The highest BCUT2D eigenvalue weighted by Gasteiger charge is 2.50. The minimum atomic E-state index is -1.08. The molecule has 16 heterocycles. The number of rotatable bonds is 26. The van der Waals surface area contributed by atoms with Crippen LogP contribution in [0.1, 0.15) is 354 Å². The largest absolute Gasteiger partial charge is 0.393 e. The van der Waals surface area contributed by atoms with Gasteiger partial charge in [0.15, 0.2) is 20.0 Å². The van der Waals surface area contributed by atoms with E-state index in [0.717, 1.165) is 201 Å². The first-order chi connectivity index (χ1) is 65.9. The van der Waals surface area contributed by atoms with Crippen molar-refractivity contribution in [3.05, 3.63) is 114 Å². The van der Waals surface area contributed by atoms with Crippen molar-refractivity contribution in [2.45, 2.75) is 398 Å². The van der Waals surface area contributed by atoms with E-state index in [1.54, 1.807) is 60.1 Å². The second kappa shape index (κ2) is 41.8. The van der Waals surface area contributed by atoms with Crippen LogP contribution >= 0.6 is 45.3 Å². The molecule has 36 heteroatoms. The first-order valence-corrected chi connectivity index (χ1v) is 53.5. The highest BCUT2D eigenvalue weighted by molar-refractivity contribution is 7.18. The van der Waals surface area contributed by atoms with E-state index in [9.17, 15) is 58.8 Å². The molecular weight excluding hydrogens is 1840 g/mol. The smallest absolute Gasteiger partial charge is 0.280 e. The molecule has 11 aliphatic rings. The quantitative estimate of drug-likeness (QED) is 0.0239. The normalized spacial score (nSPS) is 23.8. The van der Waals surface area contributed by atoms with Gasteiger partial charge in [0.25, 0.3) is 47.3 Å². The lowest BCUT2D eigenvalue weighted by Crippen LogP contribution is -2.47. The van der Waals surface area contributed by atoms with Gasteiger partial charge in [0.05, 0.1) is 61.0 Å². The van der Waals surface area contributed by atoms with E-state index in [-0.39, 0.29) is 135 Å². The van der Waals surface area contributed by atoms with Crippen LogP contribution in [0.2, 0.25) is 0 Å². The molecule has 8 saturated heterocycles. The first kappa shape index (κ1) is 102. The van der Waals surface area contributed by atoms with E-state index >= 15 is 0 Å². The van der Waals surface area contributed by atoms with E-state index in [1.807, 2.05) is 77.8 Å². The van der Waals surface area contributed by atoms with Gasteiger partial charge in [0.2, 0.25) is 0 Å². The third-order valence-electron chi connectivity index (χ3n) is 29.7. The van der Waals surface area contributed by atoms with Crippen LogP contribution in [0.5, 0.6) is 0 Å². The molecular formula is C103H140N20O12S4. The monoisotopic (exact) mass is 1980 g/mol. The molecule has 0 unspecified atom stereocenters. The summed E-state index contributed by atoms with van der Waals surface area (Å²) in [6.45, 7) is 34.7. The molecule has 8 aliphatic heterocycles. The number of aliphatic hydroxyl groups is 4. The number of hydrogen-bond donors (Lipinski definition) is 12. The molecule has 32 nitrogen and oxygen atoms in total. The Kier molecular flexibility index (Phi) is 30.7. The van der Waals surface area contributed by atoms with Crippen LogP contribution in [0.25, 0.3) is 41.8 Å². The van der Waals surface area contributed by atoms with E-state index in [0.29, 0.717) is 67.7 Å². The average molecular weight is 1980 g/mol. The molecule has 0 radical (unpaired) electrons. The van der Waals surface area contributed by atoms with E-state index < -0.39 is 41.2 Å². The summed E-state index contributed by atoms with van der Waals surface area (Å²) < 4.78 is 0. The Labute approximate surface area is 831 Å². The van der Waals surface area contributed by atoms with Gasteiger partial charge in [0, 0.05) is 125 Å². The predicted molar refractivity (Wildman–Crippen MR) is 545 cm³/mol. The maximum absolute atomic E-state index is 13.8. The number of thiazole rings is 4. The number of nitrogens with zero attached hydrogens (tertiary/aromatic N) is 12. The molecule has 11 fully saturated rings. The van der Waals surface area contributed by atoms with Gasteiger partial charge in [-0.2, -0.15) is 0 Å². The molecule has 7 atom stereocenters. The van der Waals surface area contributed by atoms with Gasteiger partial charge in [-0.25, -0.2) is 39.9 Å². The molecule has 0 aromatic carbocycles. The molecule has 8 amide bonds. The van der Waals surface area contributed by atoms with Gasteiger partial charge in [-0.1, -0.05) is 0 Å². The zero-order chi connectivity index (χ0) is 99.4. The number of carbonyl (C=O) groups excluding carboxylic acids is 8. The average Bonchev–Trinajstić information content (AvgIpc) is 1.62. The topological polar surface area (TPSA) is 430 Å². The Morgan fingerprint density at radius 1 is 0.374 bits per heavy atom. The molecule has 8 aromatic rings. The lowest BCUT2D eigenvalue weighted by atomic mass is 10.0. The number of amides is 8. The molecule has 12 N–H and O–H groups in total. The van der Waals surface area contributed by atoms with Crippen LogP contribution in [0.15, 0.2) is 49.1 Å². The molecule has 3 aliphatic carbocycles. The lowest BCUT2D eigenvalue weighted by molar-refractivity contribution is 0.0408. The number of carbonyl (C=O) groups is 8. The zero-order valence-corrected chi connectivity index (χ0v) is 86.8. The van der Waals surface area contributed by atoms with Crippen LogP contribution < -0.4 is 42.5 Å². The van der Waals surface area contributed by atoms with Gasteiger partial charge in [0.1, 0.15) is 46.0 Å². The summed E-state index contributed by atoms with van der Waals surface area (Å²) in [5, 5.41) is 66.5. The first-order valence-electron chi connectivity index (χ1n) is 50.2. The molecule has 3 saturated carbocycles. The van der Waals surface area contributed by atoms with Crippen molar-refractivity contribution in [2.24, 2.45) is 5.92 Å². The van der Waals surface area contributed by atoms with Crippen molar-refractivity contribution >= 4 is 116 Å². The number of aromatic nitrogens is 8. The van der Waals surface area contributed by atoms with E-state index in [2.05, 4.69) is 138 Å². The summed E-state index contributed by atoms with van der Waals surface area (Å²) in [4.78, 5) is 155. The summed E-state index contributed by atoms with van der Waals surface area (Å²) in [7, 11) is 0. The van der Waals surface area contributed by atoms with Gasteiger partial charge < -0.3 is 82.6 Å². The highest BCUT2D eigenvalue weighted by atomic mass is 32.1. The van der Waals surface area contributed by atoms with Crippen molar-refractivity contribution in [3.63, 3.8) is 0 Å². The minimum absolute atomic E-state index is 0.0596. The Bertz CT molecular complexity index is 5650. The van der Waals surface area contributed by atoms with Crippen LogP contribution in [0.3, 0.4) is 0 Å². The maximum Gasteiger partial charge on any atom is 0.280 e. The second-order valence-corrected chi connectivity index (χ2v) is 47.2. The van der Waals surface area contributed by atoms with Crippen molar-refractivity contribution in [1.29, 1.82) is 0 Å². The second-order valence-electron chi connectivity index (χ2n) is 43.2. The third kappa shape index (κ3) is 23.0. The summed E-state index contributed by atoms with van der Waals surface area (Å²) in [5.41, 5.74) is 6.21. The summed E-state index contributed by atoms with van der Waals surface area (Å²) in [6, 6.07) is 9.65. The van der Waals surface area contributed by atoms with Crippen molar-refractivity contribution in [1.82, 2.24) is 80.7 Å². The SMILES string of the molecule is Cc1cc(NC(C)(C)C)ncc1-c1sc(C(=O)N[C@H]2CCC[C@@H]2O)nc1C(=O)N1C2CCC1CC2.Cc1cc(NC(C)C)ncc1-c1sc(C(=O)N[C@@H](C)C(C)(C)O)nc1C(=O)N1C2CCC1CC2.Cc1cc(NC(C)C)ncc1-c1sc(C(=O)N[C@H](C)C(C)(C)O)nc1C(=O)N1C2CCC1CC2.Cc1cc(N[C@H](C)C2CC2)ncc1-c1sc(C(=O)N[C@H]2CC[C@H](O)C2)nc1C(=O)N1C2CCC1CC2. The number of pyridine rings is 4. The predicted octanol–water partition coefficient (Wildman–Crippen LogP) is 16.2. The lowest BCUT2D eigenvalue weighted by Gasteiger charge is -2.26. The fourth-order valence-corrected chi connectivity index (χ4v) is 25.5.